The summed E-state index contributed by atoms with van der Waals surface area (Å²) in [6.07, 6.45) is 7.58. The second-order valence-electron chi connectivity index (χ2n) is 3.95. The van der Waals surface area contributed by atoms with E-state index in [2.05, 4.69) is 15.0 Å². The number of carbonyl (C=O) groups excluding carboxylic acids is 1. The second kappa shape index (κ2) is 3.90. The van der Waals surface area contributed by atoms with Gasteiger partial charge in [-0.25, -0.2) is 14.5 Å². The first-order valence-corrected chi connectivity index (χ1v) is 4.97. The molecule has 1 amide bonds. The third kappa shape index (κ3) is 2.01. The summed E-state index contributed by atoms with van der Waals surface area (Å²) in [5.74, 6) is 1.34. The number of aromatic nitrogens is 2. The Morgan fingerprint density at radius 2 is 2.44 bits per heavy atom. The van der Waals surface area contributed by atoms with E-state index >= 15 is 0 Å². The maximum absolute atomic E-state index is 11.0. The van der Waals surface area contributed by atoms with Gasteiger partial charge in [0.25, 0.3) is 5.91 Å². The Labute approximate surface area is 93.1 Å². The van der Waals surface area contributed by atoms with Gasteiger partial charge in [0.05, 0.1) is 13.2 Å². The van der Waals surface area contributed by atoms with Crippen molar-refractivity contribution in [2.45, 2.75) is 6.42 Å². The average Bonchev–Trinajstić information content (AvgIpc) is 2.77. The lowest BCUT2D eigenvalue weighted by Crippen LogP contribution is -2.48. The summed E-state index contributed by atoms with van der Waals surface area (Å²) < 4.78 is 0.329. The smallest absolute Gasteiger partial charge is 0.273 e. The quantitative estimate of drug-likeness (QED) is 0.687. The summed E-state index contributed by atoms with van der Waals surface area (Å²) in [7, 11) is 1.90. The van der Waals surface area contributed by atoms with Crippen LogP contribution in [0.2, 0.25) is 0 Å². The number of nitrogens with zero attached hydrogens (tertiary/aromatic N) is 3. The highest BCUT2D eigenvalue weighted by Gasteiger charge is 2.32. The number of amidine groups is 1. The number of hydrogen-bond acceptors (Lipinski definition) is 3. The fourth-order valence-electron chi connectivity index (χ4n) is 1.72. The maximum atomic E-state index is 11.0. The Kier molecular flexibility index (Phi) is 2.57. The van der Waals surface area contributed by atoms with Gasteiger partial charge in [-0.15, -0.1) is 0 Å². The number of primary amides is 1. The van der Waals surface area contributed by atoms with Gasteiger partial charge < -0.3 is 10.7 Å². The molecule has 2 heterocycles. The number of likely N-dealkylation sites (N-methyl/N-ethyl adjacent to an activating group) is 1. The van der Waals surface area contributed by atoms with Gasteiger partial charge in [-0.1, -0.05) is 0 Å². The van der Waals surface area contributed by atoms with E-state index in [0.717, 1.165) is 11.7 Å². The Hall–Kier alpha value is -1.95. The highest BCUT2D eigenvalue weighted by molar-refractivity contribution is 5.83. The van der Waals surface area contributed by atoms with Gasteiger partial charge in [0.15, 0.2) is 6.54 Å². The van der Waals surface area contributed by atoms with E-state index < -0.39 is 0 Å². The first-order valence-electron chi connectivity index (χ1n) is 4.97. The molecule has 1 aromatic rings. The number of aliphatic imine (C=N–C) groups is 1. The number of hydrogen-bond donors (Lipinski definition) is 2. The van der Waals surface area contributed by atoms with Crippen LogP contribution in [0.1, 0.15) is 5.82 Å². The predicted molar refractivity (Wildman–Crippen MR) is 59.1 cm³/mol. The number of H-pyrrole nitrogens is 1. The molecule has 0 spiro atoms. The Balaban J connectivity index is 2.13. The molecule has 6 heteroatoms. The van der Waals surface area contributed by atoms with Crippen LogP contribution in [0.3, 0.4) is 0 Å². The van der Waals surface area contributed by atoms with E-state index in [1.165, 1.54) is 0 Å². The number of carbonyl (C=O) groups is 1. The molecule has 0 saturated heterocycles. The normalized spacial score (nSPS) is 23.4. The number of amides is 1. The van der Waals surface area contributed by atoms with Crippen LogP contribution in [0.25, 0.3) is 0 Å². The summed E-state index contributed by atoms with van der Waals surface area (Å²) in [5.41, 5.74) is 5.23. The van der Waals surface area contributed by atoms with E-state index in [0.29, 0.717) is 10.9 Å². The first-order chi connectivity index (χ1) is 7.60. The van der Waals surface area contributed by atoms with E-state index in [9.17, 15) is 4.79 Å². The molecule has 0 radical (unpaired) electrons. The SMILES string of the molecule is C[N+]1(CC(N)=O)C=CN=C1Cc1ncc[nH]1. The zero-order valence-corrected chi connectivity index (χ0v) is 9.05. The summed E-state index contributed by atoms with van der Waals surface area (Å²) in [6, 6.07) is 0. The van der Waals surface area contributed by atoms with E-state index in [1.807, 2.05) is 13.2 Å². The van der Waals surface area contributed by atoms with Crippen LogP contribution in [0.4, 0.5) is 0 Å². The molecule has 6 nitrogen and oxygen atoms in total. The molecule has 1 aliphatic heterocycles. The average molecular weight is 220 g/mol. The fraction of sp³-hybridized carbons (Fsp3) is 0.300. The molecule has 0 aliphatic carbocycles. The zero-order valence-electron chi connectivity index (χ0n) is 9.05. The minimum absolute atomic E-state index is 0.218. The Bertz CT molecular complexity index is 448. The summed E-state index contributed by atoms with van der Waals surface area (Å²) >= 11 is 0. The second-order valence-corrected chi connectivity index (χ2v) is 3.95. The minimum atomic E-state index is -0.346. The van der Waals surface area contributed by atoms with Crippen LogP contribution >= 0.6 is 0 Å². The topological polar surface area (TPSA) is 84.1 Å². The molecule has 0 saturated carbocycles. The Morgan fingerprint density at radius 3 is 3.06 bits per heavy atom. The molecule has 1 atom stereocenters. The molecule has 0 fully saturated rings. The monoisotopic (exact) mass is 220 g/mol. The minimum Gasteiger partial charge on any atom is -0.365 e. The Morgan fingerprint density at radius 1 is 1.62 bits per heavy atom. The van der Waals surface area contributed by atoms with Crippen molar-refractivity contribution < 1.29 is 9.28 Å². The lowest BCUT2D eigenvalue weighted by molar-refractivity contribution is -0.755. The molecule has 16 heavy (non-hydrogen) atoms. The molecule has 1 aromatic heterocycles. The van der Waals surface area contributed by atoms with Crippen molar-refractivity contribution in [3.8, 4) is 0 Å². The van der Waals surface area contributed by atoms with Gasteiger partial charge in [0, 0.05) is 12.4 Å². The molecule has 84 valence electrons. The van der Waals surface area contributed by atoms with Crippen LogP contribution in [0.15, 0.2) is 29.8 Å². The number of nitrogens with one attached hydrogen (secondary N) is 1. The van der Waals surface area contributed by atoms with Gasteiger partial charge in [-0.2, -0.15) is 0 Å². The standard InChI is InChI=1S/C10H13N5O/c1-15(7-8(11)16)5-4-14-10(15)6-9-12-2-3-13-9/h2-5H,6-7H2,1H3,(H2-,11,12,13,16)/p+1. The molecular weight excluding hydrogens is 206 g/mol. The summed E-state index contributed by atoms with van der Waals surface area (Å²) in [4.78, 5) is 22.4. The number of imidazole rings is 1. The van der Waals surface area contributed by atoms with Crippen molar-refractivity contribution in [1.82, 2.24) is 9.97 Å². The maximum Gasteiger partial charge on any atom is 0.273 e. The van der Waals surface area contributed by atoms with Crippen LogP contribution < -0.4 is 5.73 Å². The fourth-order valence-corrected chi connectivity index (χ4v) is 1.72. The van der Waals surface area contributed by atoms with Crippen molar-refractivity contribution >= 4 is 11.7 Å². The van der Waals surface area contributed by atoms with Gasteiger partial charge in [0.1, 0.15) is 18.4 Å². The van der Waals surface area contributed by atoms with Gasteiger partial charge >= 0.3 is 0 Å². The predicted octanol–water partition coefficient (Wildman–Crippen LogP) is -0.233. The van der Waals surface area contributed by atoms with Crippen LogP contribution in [0.5, 0.6) is 0 Å². The molecule has 0 bridgehead atoms. The van der Waals surface area contributed by atoms with Gasteiger partial charge in [-0.3, -0.25) is 4.79 Å². The molecular formula is C10H14N5O+. The van der Waals surface area contributed by atoms with Crippen molar-refractivity contribution in [3.05, 3.63) is 30.6 Å². The molecule has 2 rings (SSSR count). The summed E-state index contributed by atoms with van der Waals surface area (Å²) in [5, 5.41) is 0. The number of quaternary nitrogens is 1. The lowest BCUT2D eigenvalue weighted by Gasteiger charge is -2.25. The van der Waals surface area contributed by atoms with E-state index in [4.69, 9.17) is 5.73 Å². The third-order valence-electron chi connectivity index (χ3n) is 2.57. The number of nitrogens with two attached hydrogens (primary N) is 1. The highest BCUT2D eigenvalue weighted by Crippen LogP contribution is 2.15. The molecule has 1 aliphatic rings. The number of aromatic amines is 1. The molecule has 1 unspecified atom stereocenters. The summed E-state index contributed by atoms with van der Waals surface area (Å²) in [6.45, 7) is 0.218. The largest absolute Gasteiger partial charge is 0.365 e. The third-order valence-corrected chi connectivity index (χ3v) is 2.57. The van der Waals surface area contributed by atoms with Crippen molar-refractivity contribution in [3.63, 3.8) is 0 Å². The molecule has 0 aromatic carbocycles. The molecule has 3 N–H and O–H groups in total. The van der Waals surface area contributed by atoms with Crippen molar-refractivity contribution in [1.29, 1.82) is 0 Å². The highest BCUT2D eigenvalue weighted by atomic mass is 16.1. The van der Waals surface area contributed by atoms with Gasteiger partial charge in [-0.05, 0) is 0 Å². The number of rotatable bonds is 4. The first kappa shape index (κ1) is 10.6. The van der Waals surface area contributed by atoms with Crippen molar-refractivity contribution in [2.75, 3.05) is 13.6 Å². The zero-order chi connectivity index (χ0) is 11.6. The van der Waals surface area contributed by atoms with E-state index in [1.54, 1.807) is 18.6 Å². The van der Waals surface area contributed by atoms with Crippen LogP contribution in [-0.2, 0) is 11.2 Å². The van der Waals surface area contributed by atoms with Crippen LogP contribution in [-0.4, -0.2) is 39.8 Å². The lowest BCUT2D eigenvalue weighted by atomic mass is 10.3. The van der Waals surface area contributed by atoms with Crippen molar-refractivity contribution in [2.24, 2.45) is 10.7 Å². The van der Waals surface area contributed by atoms with Crippen LogP contribution in [0, 0.1) is 0 Å². The van der Waals surface area contributed by atoms with E-state index in [-0.39, 0.29) is 12.5 Å². The van der Waals surface area contributed by atoms with Gasteiger partial charge in [0.2, 0.25) is 5.84 Å².